The zero-order valence-corrected chi connectivity index (χ0v) is 10.8. The Labute approximate surface area is 101 Å². The highest BCUT2D eigenvalue weighted by atomic mass is 15.2. The first-order valence-corrected chi connectivity index (χ1v) is 5.72. The monoisotopic (exact) mass is 233 g/mol. The van der Waals surface area contributed by atoms with Gasteiger partial charge >= 0.3 is 0 Å². The molecule has 2 N–H and O–H groups in total. The van der Waals surface area contributed by atoms with Gasteiger partial charge in [0, 0.05) is 24.3 Å². The van der Waals surface area contributed by atoms with Crippen LogP contribution in [0.3, 0.4) is 0 Å². The standard InChI is InChI=1S/C12H19N5/c1-12(2,3)14-7-11-13-6-10(16-11)9-5-15-17(4)8-9/h5-6,8,14H,7H2,1-4H3,(H,13,16). The van der Waals surface area contributed by atoms with Gasteiger partial charge in [0.05, 0.1) is 24.6 Å². The zero-order chi connectivity index (χ0) is 12.5. The highest BCUT2D eigenvalue weighted by Crippen LogP contribution is 2.15. The fraction of sp³-hybridized carbons (Fsp3) is 0.500. The third-order valence-corrected chi connectivity index (χ3v) is 2.43. The van der Waals surface area contributed by atoms with Crippen molar-refractivity contribution < 1.29 is 0 Å². The first kappa shape index (κ1) is 11.9. The molecule has 0 fully saturated rings. The molecule has 0 atom stereocenters. The van der Waals surface area contributed by atoms with Gasteiger partial charge in [0.2, 0.25) is 0 Å². The Kier molecular flexibility index (Phi) is 3.02. The number of aromatic nitrogens is 4. The number of aromatic amines is 1. The van der Waals surface area contributed by atoms with Crippen LogP contribution in [0.15, 0.2) is 18.6 Å². The Hall–Kier alpha value is -1.62. The molecule has 0 saturated heterocycles. The van der Waals surface area contributed by atoms with Crippen molar-refractivity contribution in [3.63, 3.8) is 0 Å². The first-order valence-electron chi connectivity index (χ1n) is 5.72. The van der Waals surface area contributed by atoms with E-state index in [9.17, 15) is 0 Å². The van der Waals surface area contributed by atoms with Gasteiger partial charge in [0.25, 0.3) is 0 Å². The molecule has 92 valence electrons. The summed E-state index contributed by atoms with van der Waals surface area (Å²) in [6, 6.07) is 0. The summed E-state index contributed by atoms with van der Waals surface area (Å²) >= 11 is 0. The van der Waals surface area contributed by atoms with E-state index in [0.717, 1.165) is 23.6 Å². The molecule has 0 radical (unpaired) electrons. The molecule has 2 rings (SSSR count). The minimum atomic E-state index is 0.0985. The third-order valence-electron chi connectivity index (χ3n) is 2.43. The fourth-order valence-electron chi connectivity index (χ4n) is 1.51. The highest BCUT2D eigenvalue weighted by Gasteiger charge is 2.10. The van der Waals surface area contributed by atoms with Crippen LogP contribution in [0.4, 0.5) is 0 Å². The molecular weight excluding hydrogens is 214 g/mol. The van der Waals surface area contributed by atoms with Gasteiger partial charge in [-0.05, 0) is 20.8 Å². The molecule has 0 aliphatic carbocycles. The lowest BCUT2D eigenvalue weighted by Crippen LogP contribution is -2.35. The van der Waals surface area contributed by atoms with E-state index in [1.165, 1.54) is 0 Å². The second-order valence-corrected chi connectivity index (χ2v) is 5.25. The first-order chi connectivity index (χ1) is 7.94. The Morgan fingerprint density at radius 2 is 2.12 bits per heavy atom. The van der Waals surface area contributed by atoms with Crippen LogP contribution in [-0.4, -0.2) is 25.3 Å². The molecule has 2 aromatic rings. The van der Waals surface area contributed by atoms with Crippen LogP contribution in [0.25, 0.3) is 11.3 Å². The van der Waals surface area contributed by atoms with Crippen molar-refractivity contribution in [2.45, 2.75) is 32.9 Å². The lowest BCUT2D eigenvalue weighted by molar-refractivity contribution is 0.418. The largest absolute Gasteiger partial charge is 0.341 e. The van der Waals surface area contributed by atoms with Gasteiger partial charge in [-0.15, -0.1) is 0 Å². The Balaban J connectivity index is 2.06. The summed E-state index contributed by atoms with van der Waals surface area (Å²) < 4.78 is 1.78. The van der Waals surface area contributed by atoms with Crippen molar-refractivity contribution in [3.8, 4) is 11.3 Å². The summed E-state index contributed by atoms with van der Waals surface area (Å²) in [4.78, 5) is 7.64. The molecule has 5 nitrogen and oxygen atoms in total. The molecule has 2 aromatic heterocycles. The van der Waals surface area contributed by atoms with Gasteiger partial charge in [-0.1, -0.05) is 0 Å². The number of H-pyrrole nitrogens is 1. The zero-order valence-electron chi connectivity index (χ0n) is 10.8. The predicted molar refractivity (Wildman–Crippen MR) is 67.4 cm³/mol. The van der Waals surface area contributed by atoms with Crippen molar-refractivity contribution in [1.82, 2.24) is 25.1 Å². The van der Waals surface area contributed by atoms with Crippen LogP contribution in [0, 0.1) is 0 Å². The van der Waals surface area contributed by atoms with Gasteiger partial charge < -0.3 is 10.3 Å². The van der Waals surface area contributed by atoms with E-state index < -0.39 is 0 Å². The summed E-state index contributed by atoms with van der Waals surface area (Å²) in [5.41, 5.74) is 2.16. The molecule has 0 aliphatic heterocycles. The van der Waals surface area contributed by atoms with E-state index in [-0.39, 0.29) is 5.54 Å². The quantitative estimate of drug-likeness (QED) is 0.848. The maximum absolute atomic E-state index is 4.35. The van der Waals surface area contributed by atoms with Crippen LogP contribution in [-0.2, 0) is 13.6 Å². The van der Waals surface area contributed by atoms with Crippen molar-refractivity contribution in [2.24, 2.45) is 7.05 Å². The Morgan fingerprint density at radius 1 is 1.35 bits per heavy atom. The van der Waals surface area contributed by atoms with Crippen molar-refractivity contribution in [1.29, 1.82) is 0 Å². The molecule has 0 spiro atoms. The summed E-state index contributed by atoms with van der Waals surface area (Å²) in [6.45, 7) is 7.15. The SMILES string of the molecule is Cn1cc(-c2cnc(CNC(C)(C)C)[nH]2)cn1. The van der Waals surface area contributed by atoms with Crippen LogP contribution in [0.2, 0.25) is 0 Å². The van der Waals surface area contributed by atoms with Crippen molar-refractivity contribution in [2.75, 3.05) is 0 Å². The molecule has 2 heterocycles. The molecule has 0 unspecified atom stereocenters. The predicted octanol–water partition coefficient (Wildman–Crippen LogP) is 1.70. The van der Waals surface area contributed by atoms with Gasteiger partial charge in [0.1, 0.15) is 5.82 Å². The van der Waals surface area contributed by atoms with E-state index >= 15 is 0 Å². The number of nitrogens with zero attached hydrogens (tertiary/aromatic N) is 3. The van der Waals surface area contributed by atoms with Gasteiger partial charge in [0.15, 0.2) is 0 Å². The number of imidazole rings is 1. The Bertz CT molecular complexity index is 489. The molecule has 0 aliphatic rings. The second kappa shape index (κ2) is 4.33. The highest BCUT2D eigenvalue weighted by molar-refractivity contribution is 5.55. The van der Waals surface area contributed by atoms with Crippen molar-refractivity contribution >= 4 is 0 Å². The smallest absolute Gasteiger partial charge is 0.120 e. The summed E-state index contributed by atoms with van der Waals surface area (Å²) in [5, 5.41) is 7.53. The second-order valence-electron chi connectivity index (χ2n) is 5.25. The summed E-state index contributed by atoms with van der Waals surface area (Å²) in [6.07, 6.45) is 5.64. The molecule has 5 heteroatoms. The summed E-state index contributed by atoms with van der Waals surface area (Å²) in [7, 11) is 1.90. The van der Waals surface area contributed by atoms with Crippen molar-refractivity contribution in [3.05, 3.63) is 24.4 Å². The van der Waals surface area contributed by atoms with Crippen LogP contribution in [0.1, 0.15) is 26.6 Å². The molecule has 0 aromatic carbocycles. The topological polar surface area (TPSA) is 58.5 Å². The summed E-state index contributed by atoms with van der Waals surface area (Å²) in [5.74, 6) is 0.943. The van der Waals surface area contributed by atoms with E-state index in [1.807, 2.05) is 25.6 Å². The normalized spacial score (nSPS) is 12.0. The van der Waals surface area contributed by atoms with Crippen LogP contribution in [0.5, 0.6) is 0 Å². The lowest BCUT2D eigenvalue weighted by Gasteiger charge is -2.19. The van der Waals surface area contributed by atoms with Crippen LogP contribution >= 0.6 is 0 Å². The molecule has 17 heavy (non-hydrogen) atoms. The average Bonchev–Trinajstić information content (AvgIpc) is 2.81. The van der Waals surface area contributed by atoms with Gasteiger partial charge in [-0.3, -0.25) is 4.68 Å². The maximum atomic E-state index is 4.35. The van der Waals surface area contributed by atoms with E-state index in [0.29, 0.717) is 0 Å². The molecular formula is C12H19N5. The van der Waals surface area contributed by atoms with Crippen LogP contribution < -0.4 is 5.32 Å². The number of hydrogen-bond donors (Lipinski definition) is 2. The number of aryl methyl sites for hydroxylation is 1. The molecule has 0 saturated carbocycles. The molecule has 0 bridgehead atoms. The van der Waals surface area contributed by atoms with E-state index in [4.69, 9.17) is 0 Å². The fourth-order valence-corrected chi connectivity index (χ4v) is 1.51. The average molecular weight is 233 g/mol. The van der Waals surface area contributed by atoms with E-state index in [1.54, 1.807) is 4.68 Å². The number of hydrogen-bond acceptors (Lipinski definition) is 3. The van der Waals surface area contributed by atoms with Gasteiger partial charge in [-0.25, -0.2) is 4.98 Å². The third kappa shape index (κ3) is 3.17. The lowest BCUT2D eigenvalue weighted by atomic mass is 10.1. The van der Waals surface area contributed by atoms with Gasteiger partial charge in [-0.2, -0.15) is 5.10 Å². The minimum Gasteiger partial charge on any atom is -0.341 e. The van der Waals surface area contributed by atoms with E-state index in [2.05, 4.69) is 41.2 Å². The number of rotatable bonds is 3. The molecule has 0 amide bonds. The minimum absolute atomic E-state index is 0.0985. The Morgan fingerprint density at radius 3 is 2.71 bits per heavy atom. The number of nitrogens with one attached hydrogen (secondary N) is 2. The maximum Gasteiger partial charge on any atom is 0.120 e.